The van der Waals surface area contributed by atoms with Gasteiger partial charge < -0.3 is 9.32 Å². The van der Waals surface area contributed by atoms with E-state index in [0.29, 0.717) is 0 Å². The Morgan fingerprint density at radius 3 is 1.74 bits per heavy atom. The first kappa shape index (κ1) is 28.4. The first-order valence-corrected chi connectivity index (χ1v) is 17.1. The van der Waals surface area contributed by atoms with Gasteiger partial charge in [0.15, 0.2) is 0 Å². The molecule has 10 aromatic rings. The van der Waals surface area contributed by atoms with Crippen LogP contribution in [-0.2, 0) is 0 Å². The first-order valence-electron chi connectivity index (χ1n) is 17.1. The van der Waals surface area contributed by atoms with Crippen molar-refractivity contribution < 1.29 is 4.42 Å². The van der Waals surface area contributed by atoms with Crippen LogP contribution in [0.15, 0.2) is 192 Å². The maximum atomic E-state index is 6.63. The molecular formula is C48H31NO. The monoisotopic (exact) mass is 637 g/mol. The Labute approximate surface area is 290 Å². The molecule has 1 aromatic heterocycles. The minimum absolute atomic E-state index is 0.899. The lowest BCUT2D eigenvalue weighted by atomic mass is 9.93. The van der Waals surface area contributed by atoms with Crippen molar-refractivity contribution in [1.29, 1.82) is 0 Å². The van der Waals surface area contributed by atoms with Crippen LogP contribution < -0.4 is 4.90 Å². The number of furan rings is 1. The van der Waals surface area contributed by atoms with Gasteiger partial charge in [-0.25, -0.2) is 0 Å². The zero-order chi connectivity index (χ0) is 33.0. The Morgan fingerprint density at radius 1 is 0.360 bits per heavy atom. The molecule has 0 atom stereocenters. The predicted octanol–water partition coefficient (Wildman–Crippen LogP) is 13.8. The molecule has 0 aliphatic heterocycles. The summed E-state index contributed by atoms with van der Waals surface area (Å²) in [6.45, 7) is 0. The molecular weight excluding hydrogens is 607 g/mol. The summed E-state index contributed by atoms with van der Waals surface area (Å²) in [5, 5.41) is 9.54. The first-order chi connectivity index (χ1) is 24.8. The van der Waals surface area contributed by atoms with E-state index in [1.165, 1.54) is 43.8 Å². The molecule has 0 saturated carbocycles. The van der Waals surface area contributed by atoms with Gasteiger partial charge in [-0.05, 0) is 97.7 Å². The van der Waals surface area contributed by atoms with Crippen LogP contribution in [0.25, 0.3) is 76.5 Å². The second-order valence-electron chi connectivity index (χ2n) is 12.9. The number of anilines is 3. The average Bonchev–Trinajstić information content (AvgIpc) is 3.58. The maximum Gasteiger partial charge on any atom is 0.145 e. The fraction of sp³-hybridized carbons (Fsp3) is 0. The highest BCUT2D eigenvalue weighted by atomic mass is 16.3. The normalized spacial score (nSPS) is 11.6. The zero-order valence-electron chi connectivity index (χ0n) is 27.3. The fourth-order valence-corrected chi connectivity index (χ4v) is 7.66. The van der Waals surface area contributed by atoms with Gasteiger partial charge in [0, 0.05) is 27.5 Å². The van der Waals surface area contributed by atoms with Crippen LogP contribution in [0.3, 0.4) is 0 Å². The summed E-state index contributed by atoms with van der Waals surface area (Å²) in [7, 11) is 0. The molecule has 0 amide bonds. The van der Waals surface area contributed by atoms with E-state index in [4.69, 9.17) is 4.42 Å². The molecule has 1 heterocycles. The van der Waals surface area contributed by atoms with E-state index in [1.54, 1.807) is 0 Å². The number of nitrogens with zero attached hydrogens (tertiary/aromatic N) is 1. The summed E-state index contributed by atoms with van der Waals surface area (Å²) in [5.74, 6) is 0. The molecule has 0 radical (unpaired) electrons. The third-order valence-electron chi connectivity index (χ3n) is 10.0. The van der Waals surface area contributed by atoms with Crippen molar-refractivity contribution >= 4 is 71.3 Å². The molecule has 234 valence electrons. The van der Waals surface area contributed by atoms with Gasteiger partial charge in [0.25, 0.3) is 0 Å². The highest BCUT2D eigenvalue weighted by molar-refractivity contribution is 6.19. The molecule has 0 spiro atoms. The van der Waals surface area contributed by atoms with Crippen molar-refractivity contribution in [3.05, 3.63) is 188 Å². The summed E-state index contributed by atoms with van der Waals surface area (Å²) in [4.78, 5) is 2.37. The number of fused-ring (bicyclic) bond motifs is 8. The molecule has 0 N–H and O–H groups in total. The highest BCUT2D eigenvalue weighted by Gasteiger charge is 2.20. The van der Waals surface area contributed by atoms with E-state index in [2.05, 4.69) is 187 Å². The standard InChI is InChI=1S/C48H31NO/c1-2-11-32(12-3-1)33-21-26-37(27-22-33)49(45-19-10-14-35-25-30-43-42-18-8-9-20-46(42)50-48(43)47(35)45)38-28-23-34(24-29-38)44-31-36-13-4-5-15-39(36)40-16-6-7-17-41(40)44/h1-31H. The third kappa shape index (κ3) is 4.57. The Morgan fingerprint density at radius 2 is 0.960 bits per heavy atom. The number of rotatable bonds is 5. The Hall–Kier alpha value is -6.64. The quantitative estimate of drug-likeness (QED) is 0.175. The molecule has 9 aromatic carbocycles. The molecule has 2 heteroatoms. The van der Waals surface area contributed by atoms with E-state index in [1.807, 2.05) is 6.07 Å². The van der Waals surface area contributed by atoms with Crippen LogP contribution in [0.5, 0.6) is 0 Å². The highest BCUT2D eigenvalue weighted by Crippen LogP contribution is 2.45. The molecule has 50 heavy (non-hydrogen) atoms. The van der Waals surface area contributed by atoms with Gasteiger partial charge in [0.2, 0.25) is 0 Å². The number of hydrogen-bond acceptors (Lipinski definition) is 2. The summed E-state index contributed by atoms with van der Waals surface area (Å²) in [6, 6.07) is 67.5. The van der Waals surface area contributed by atoms with Crippen molar-refractivity contribution in [3.63, 3.8) is 0 Å². The maximum absolute atomic E-state index is 6.63. The van der Waals surface area contributed by atoms with E-state index >= 15 is 0 Å². The summed E-state index contributed by atoms with van der Waals surface area (Å²) in [5.41, 5.74) is 9.84. The van der Waals surface area contributed by atoms with Gasteiger partial charge in [-0.3, -0.25) is 0 Å². The number of para-hydroxylation sites is 1. The van der Waals surface area contributed by atoms with Crippen LogP contribution >= 0.6 is 0 Å². The van der Waals surface area contributed by atoms with Crippen LogP contribution in [0, 0.1) is 0 Å². The molecule has 0 fully saturated rings. The average molecular weight is 638 g/mol. The summed E-state index contributed by atoms with van der Waals surface area (Å²) in [6.07, 6.45) is 0. The van der Waals surface area contributed by atoms with E-state index in [-0.39, 0.29) is 0 Å². The molecule has 2 nitrogen and oxygen atoms in total. The Kier molecular flexibility index (Phi) is 6.53. The molecule has 0 bridgehead atoms. The largest absolute Gasteiger partial charge is 0.455 e. The number of hydrogen-bond donors (Lipinski definition) is 0. The minimum atomic E-state index is 0.899. The Balaban J connectivity index is 1.17. The Bertz CT molecular complexity index is 2850. The van der Waals surface area contributed by atoms with Gasteiger partial charge >= 0.3 is 0 Å². The van der Waals surface area contributed by atoms with E-state index in [9.17, 15) is 0 Å². The van der Waals surface area contributed by atoms with E-state index in [0.717, 1.165) is 49.8 Å². The molecule has 0 aliphatic carbocycles. The van der Waals surface area contributed by atoms with Crippen molar-refractivity contribution in [1.82, 2.24) is 0 Å². The molecule has 0 aliphatic rings. The van der Waals surface area contributed by atoms with Gasteiger partial charge in [0.1, 0.15) is 11.2 Å². The molecule has 0 unspecified atom stereocenters. The van der Waals surface area contributed by atoms with Gasteiger partial charge in [-0.15, -0.1) is 0 Å². The van der Waals surface area contributed by atoms with Crippen LogP contribution in [0.2, 0.25) is 0 Å². The van der Waals surface area contributed by atoms with Crippen molar-refractivity contribution in [2.75, 3.05) is 4.90 Å². The van der Waals surface area contributed by atoms with Crippen molar-refractivity contribution in [3.8, 4) is 22.3 Å². The van der Waals surface area contributed by atoms with Crippen molar-refractivity contribution in [2.45, 2.75) is 0 Å². The van der Waals surface area contributed by atoms with Crippen LogP contribution in [0.4, 0.5) is 17.1 Å². The van der Waals surface area contributed by atoms with E-state index < -0.39 is 0 Å². The lowest BCUT2D eigenvalue weighted by molar-refractivity contribution is 0.672. The molecule has 0 saturated heterocycles. The summed E-state index contributed by atoms with van der Waals surface area (Å²) >= 11 is 0. The third-order valence-corrected chi connectivity index (χ3v) is 10.0. The lowest BCUT2D eigenvalue weighted by Gasteiger charge is -2.27. The van der Waals surface area contributed by atoms with Gasteiger partial charge in [0.05, 0.1) is 5.69 Å². The zero-order valence-corrected chi connectivity index (χ0v) is 27.3. The van der Waals surface area contributed by atoms with Crippen molar-refractivity contribution in [2.24, 2.45) is 0 Å². The fourth-order valence-electron chi connectivity index (χ4n) is 7.66. The second-order valence-corrected chi connectivity index (χ2v) is 12.9. The topological polar surface area (TPSA) is 16.4 Å². The minimum Gasteiger partial charge on any atom is -0.455 e. The number of benzene rings is 9. The smallest absolute Gasteiger partial charge is 0.145 e. The van der Waals surface area contributed by atoms with Gasteiger partial charge in [-0.2, -0.15) is 0 Å². The predicted molar refractivity (Wildman–Crippen MR) is 212 cm³/mol. The van der Waals surface area contributed by atoms with Crippen LogP contribution in [0.1, 0.15) is 0 Å². The second kappa shape index (κ2) is 11.5. The molecule has 10 rings (SSSR count). The van der Waals surface area contributed by atoms with Crippen LogP contribution in [-0.4, -0.2) is 0 Å². The summed E-state index contributed by atoms with van der Waals surface area (Å²) < 4.78 is 6.63. The SMILES string of the molecule is c1ccc(-c2ccc(N(c3ccc(-c4cc5ccccc5c5ccccc45)cc3)c3cccc4ccc5c6ccccc6oc5c34)cc2)cc1. The van der Waals surface area contributed by atoms with Gasteiger partial charge in [-0.1, -0.05) is 140 Å². The lowest BCUT2D eigenvalue weighted by Crippen LogP contribution is -2.10.